The molecule has 3 heteroatoms. The predicted molar refractivity (Wildman–Crippen MR) is 124 cm³/mol. The van der Waals surface area contributed by atoms with Crippen molar-refractivity contribution >= 4 is 10.8 Å². The number of aromatic nitrogens is 1. The number of rotatable bonds is 1. The fraction of sp³-hybridized carbons (Fsp3) is 0.536. The Morgan fingerprint density at radius 2 is 2.03 bits per heavy atom. The maximum atomic E-state index is 7.26. The van der Waals surface area contributed by atoms with Crippen LogP contribution in [0.2, 0.25) is 0 Å². The summed E-state index contributed by atoms with van der Waals surface area (Å²) in [4.78, 5) is 4.36. The van der Waals surface area contributed by atoms with Gasteiger partial charge < -0.3 is 10.5 Å². The van der Waals surface area contributed by atoms with Gasteiger partial charge in [0.25, 0.3) is 0 Å². The van der Waals surface area contributed by atoms with Crippen LogP contribution in [-0.4, -0.2) is 22.2 Å². The van der Waals surface area contributed by atoms with E-state index in [1.54, 1.807) is 0 Å². The number of hydrogen-bond acceptors (Lipinski definition) is 3. The zero-order valence-corrected chi connectivity index (χ0v) is 18.4. The SMILES string of the molecule is C[C@]12CC=C3C=C4CC[C@H](N)C[C@]45CC[C@]3(O5)[C@@H]1CCC2c1ccc2ccncc2c1. The molecule has 160 valence electrons. The number of nitrogens with two attached hydrogens (primary N) is 1. The van der Waals surface area contributed by atoms with Gasteiger partial charge in [-0.05, 0) is 103 Å². The number of nitrogens with zero attached hydrogens (tertiary/aromatic N) is 1. The molecule has 0 radical (unpaired) electrons. The van der Waals surface area contributed by atoms with Gasteiger partial charge in [-0.1, -0.05) is 31.2 Å². The third-order valence-electron chi connectivity index (χ3n) is 9.79. The van der Waals surface area contributed by atoms with E-state index in [9.17, 15) is 0 Å². The second-order valence-electron chi connectivity index (χ2n) is 11.2. The highest BCUT2D eigenvalue weighted by atomic mass is 16.5. The van der Waals surface area contributed by atoms with E-state index in [1.807, 2.05) is 12.4 Å². The van der Waals surface area contributed by atoms with E-state index in [4.69, 9.17) is 10.5 Å². The molecule has 3 aliphatic carbocycles. The predicted octanol–water partition coefficient (Wildman–Crippen LogP) is 5.80. The molecular formula is C28H32N2O. The van der Waals surface area contributed by atoms with E-state index in [2.05, 4.69) is 48.3 Å². The summed E-state index contributed by atoms with van der Waals surface area (Å²) in [5.41, 5.74) is 11.0. The molecule has 3 fully saturated rings. The molecule has 1 aromatic heterocycles. The van der Waals surface area contributed by atoms with Crippen LogP contribution in [0.4, 0.5) is 0 Å². The minimum absolute atomic E-state index is 0.0695. The van der Waals surface area contributed by atoms with Gasteiger partial charge in [-0.15, -0.1) is 0 Å². The maximum absolute atomic E-state index is 7.26. The van der Waals surface area contributed by atoms with Crippen molar-refractivity contribution in [3.63, 3.8) is 0 Å². The number of ether oxygens (including phenoxy) is 1. The maximum Gasteiger partial charge on any atom is 0.0974 e. The molecule has 1 aromatic carbocycles. The van der Waals surface area contributed by atoms with Gasteiger partial charge in [0.05, 0.1) is 11.2 Å². The van der Waals surface area contributed by atoms with E-state index in [0.717, 1.165) is 32.1 Å². The third-order valence-corrected chi connectivity index (χ3v) is 9.79. The molecule has 7 rings (SSSR count). The van der Waals surface area contributed by atoms with Crippen LogP contribution < -0.4 is 5.73 Å². The number of hydrogen-bond donors (Lipinski definition) is 1. The summed E-state index contributed by atoms with van der Waals surface area (Å²) in [6, 6.07) is 9.45. The highest BCUT2D eigenvalue weighted by Gasteiger charge is 2.66. The first-order valence-corrected chi connectivity index (χ1v) is 12.2. The van der Waals surface area contributed by atoms with Gasteiger partial charge in [0.2, 0.25) is 0 Å². The van der Waals surface area contributed by atoms with Crippen LogP contribution in [0, 0.1) is 11.3 Å². The molecule has 3 heterocycles. The van der Waals surface area contributed by atoms with Crippen molar-refractivity contribution in [2.75, 3.05) is 0 Å². The van der Waals surface area contributed by atoms with Crippen molar-refractivity contribution in [3.8, 4) is 0 Å². The fourth-order valence-electron chi connectivity index (χ4n) is 8.31. The Morgan fingerprint density at radius 1 is 1.10 bits per heavy atom. The average molecular weight is 413 g/mol. The lowest BCUT2D eigenvalue weighted by atomic mass is 9.58. The van der Waals surface area contributed by atoms with Crippen LogP contribution >= 0.6 is 0 Å². The van der Waals surface area contributed by atoms with Crippen molar-refractivity contribution in [1.82, 2.24) is 4.98 Å². The molecule has 31 heavy (non-hydrogen) atoms. The highest BCUT2D eigenvalue weighted by molar-refractivity contribution is 5.82. The van der Waals surface area contributed by atoms with E-state index in [1.165, 1.54) is 46.7 Å². The molecule has 2 saturated carbocycles. The van der Waals surface area contributed by atoms with Crippen molar-refractivity contribution in [3.05, 3.63) is 65.5 Å². The van der Waals surface area contributed by atoms with Crippen molar-refractivity contribution in [2.45, 2.75) is 81.5 Å². The van der Waals surface area contributed by atoms with Crippen LogP contribution in [0.15, 0.2) is 60.0 Å². The molecule has 0 amide bonds. The Balaban J connectivity index is 1.31. The quantitative estimate of drug-likeness (QED) is 0.643. The van der Waals surface area contributed by atoms with E-state index < -0.39 is 0 Å². The summed E-state index contributed by atoms with van der Waals surface area (Å²) >= 11 is 0. The Morgan fingerprint density at radius 3 is 2.97 bits per heavy atom. The minimum atomic E-state index is -0.0826. The average Bonchev–Trinajstić information content (AvgIpc) is 3.28. The second kappa shape index (κ2) is 6.08. The highest BCUT2D eigenvalue weighted by Crippen LogP contribution is 2.69. The lowest BCUT2D eigenvalue weighted by molar-refractivity contribution is -0.135. The van der Waals surface area contributed by atoms with E-state index in [-0.39, 0.29) is 22.7 Å². The van der Waals surface area contributed by atoms with Crippen molar-refractivity contribution in [2.24, 2.45) is 17.1 Å². The summed E-state index contributed by atoms with van der Waals surface area (Å²) in [6.07, 6.45) is 18.2. The zero-order valence-electron chi connectivity index (χ0n) is 18.4. The van der Waals surface area contributed by atoms with Crippen LogP contribution in [0.25, 0.3) is 10.8 Å². The summed E-state index contributed by atoms with van der Waals surface area (Å²) in [7, 11) is 0. The van der Waals surface area contributed by atoms with Gasteiger partial charge in [0.1, 0.15) is 0 Å². The topological polar surface area (TPSA) is 48.1 Å². The summed E-state index contributed by atoms with van der Waals surface area (Å²) in [5.74, 6) is 1.17. The molecule has 6 atom stereocenters. The minimum Gasteiger partial charge on any atom is -0.359 e. The van der Waals surface area contributed by atoms with Crippen LogP contribution in [0.5, 0.6) is 0 Å². The zero-order chi connectivity index (χ0) is 20.8. The van der Waals surface area contributed by atoms with Gasteiger partial charge in [0.15, 0.2) is 0 Å². The monoisotopic (exact) mass is 412 g/mol. The summed E-state index contributed by atoms with van der Waals surface area (Å²) < 4.78 is 7.26. The molecule has 2 aliphatic heterocycles. The number of fused-ring (bicyclic) bond motifs is 2. The van der Waals surface area contributed by atoms with Gasteiger partial charge in [-0.25, -0.2) is 0 Å². The van der Waals surface area contributed by atoms with Gasteiger partial charge >= 0.3 is 0 Å². The fourth-order valence-corrected chi connectivity index (χ4v) is 8.31. The first-order valence-electron chi connectivity index (χ1n) is 12.2. The van der Waals surface area contributed by atoms with E-state index in [0.29, 0.717) is 11.8 Å². The first kappa shape index (κ1) is 18.6. The normalized spacial score (nSPS) is 43.1. The van der Waals surface area contributed by atoms with E-state index >= 15 is 0 Å². The molecule has 2 bridgehead atoms. The van der Waals surface area contributed by atoms with Crippen LogP contribution in [0.3, 0.4) is 0 Å². The molecule has 1 unspecified atom stereocenters. The number of pyridine rings is 1. The lowest BCUT2D eigenvalue weighted by Gasteiger charge is -2.54. The van der Waals surface area contributed by atoms with Crippen molar-refractivity contribution in [1.29, 1.82) is 0 Å². The largest absolute Gasteiger partial charge is 0.359 e. The molecule has 2 spiro atoms. The number of benzene rings is 1. The first-order chi connectivity index (χ1) is 15.0. The second-order valence-corrected chi connectivity index (χ2v) is 11.2. The number of allylic oxidation sites excluding steroid dienone is 1. The molecular weight excluding hydrogens is 380 g/mol. The Hall–Kier alpha value is -1.97. The Kier molecular flexibility index (Phi) is 3.65. The third kappa shape index (κ3) is 2.34. The van der Waals surface area contributed by atoms with Crippen molar-refractivity contribution < 1.29 is 4.74 Å². The molecule has 3 nitrogen and oxygen atoms in total. The molecule has 2 aromatic rings. The molecule has 1 saturated heterocycles. The van der Waals surface area contributed by atoms with Gasteiger partial charge in [-0.3, -0.25) is 4.98 Å². The smallest absolute Gasteiger partial charge is 0.0974 e. The van der Waals surface area contributed by atoms with Gasteiger partial charge in [-0.2, -0.15) is 0 Å². The van der Waals surface area contributed by atoms with Gasteiger partial charge in [0, 0.05) is 23.8 Å². The summed E-state index contributed by atoms with van der Waals surface area (Å²) in [6.45, 7) is 2.55. The molecule has 5 aliphatic rings. The Bertz CT molecular complexity index is 1150. The van der Waals surface area contributed by atoms with Crippen LogP contribution in [0.1, 0.15) is 69.8 Å². The van der Waals surface area contributed by atoms with Crippen LogP contribution in [-0.2, 0) is 4.74 Å². The lowest BCUT2D eigenvalue weighted by Crippen LogP contribution is -2.54. The standard InChI is InChI=1S/C28H32N2O/c1-26-10-8-22-15-21-4-5-23(29)16-27(21)11-12-28(22,31-27)25(26)7-6-24(26)19-3-2-18-9-13-30-17-20(18)14-19/h2-3,8-9,13-15,17,23-25H,4-7,10-12,16,29H2,1H3/t23-,24?,25+,26+,27+,28+/m0/s1. The summed E-state index contributed by atoms with van der Waals surface area (Å²) in [5, 5.41) is 2.54. The Labute approximate surface area is 184 Å². The molecule has 2 N–H and O–H groups in total.